The molecule has 108 valence electrons. The van der Waals surface area contributed by atoms with Crippen molar-refractivity contribution < 1.29 is 14.4 Å². The monoisotopic (exact) mass is 274 g/mol. The van der Waals surface area contributed by atoms with Gasteiger partial charge in [0, 0.05) is 0 Å². The van der Waals surface area contributed by atoms with Gasteiger partial charge >= 0.3 is 7.12 Å². The highest BCUT2D eigenvalue weighted by Gasteiger charge is 2.50. The van der Waals surface area contributed by atoms with Gasteiger partial charge in [-0.15, -0.1) is 0 Å². The number of hydrogen-bond acceptors (Lipinski definition) is 3. The Bertz CT molecular complexity index is 475. The zero-order chi connectivity index (χ0) is 15.0. The lowest BCUT2D eigenvalue weighted by Gasteiger charge is -2.32. The van der Waals surface area contributed by atoms with Crippen LogP contribution in [0.3, 0.4) is 0 Å². The van der Waals surface area contributed by atoms with Crippen LogP contribution in [0.2, 0.25) is 0 Å². The topological polar surface area (TPSA) is 38.7 Å². The summed E-state index contributed by atoms with van der Waals surface area (Å²) in [4.78, 5) is 0. The molecule has 0 saturated carbocycles. The maximum absolute atomic E-state index is 10.1. The molecule has 20 heavy (non-hydrogen) atoms. The molecule has 1 aliphatic heterocycles. The summed E-state index contributed by atoms with van der Waals surface area (Å²) < 4.78 is 11.7. The molecule has 1 N–H and O–H groups in total. The van der Waals surface area contributed by atoms with E-state index in [1.54, 1.807) is 12.1 Å². The van der Waals surface area contributed by atoms with Crippen LogP contribution < -0.4 is 0 Å². The van der Waals surface area contributed by atoms with Crippen molar-refractivity contribution in [1.82, 2.24) is 0 Å². The lowest BCUT2D eigenvalue weighted by Crippen LogP contribution is -2.41. The second-order valence-electron chi connectivity index (χ2n) is 6.37. The number of hydrogen-bond donors (Lipinski definition) is 1. The number of rotatable bonds is 3. The van der Waals surface area contributed by atoms with Crippen molar-refractivity contribution in [2.24, 2.45) is 0 Å². The number of aliphatic hydroxyl groups excluding tert-OH is 1. The van der Waals surface area contributed by atoms with E-state index in [1.165, 1.54) is 5.56 Å². The van der Waals surface area contributed by atoms with Gasteiger partial charge in [0.1, 0.15) is 0 Å². The lowest BCUT2D eigenvalue weighted by atomic mass is 9.88. The van der Waals surface area contributed by atoms with E-state index in [-0.39, 0.29) is 11.2 Å². The Labute approximate surface area is 121 Å². The van der Waals surface area contributed by atoms with Gasteiger partial charge in [0.25, 0.3) is 0 Å². The Morgan fingerprint density at radius 2 is 1.55 bits per heavy atom. The second-order valence-corrected chi connectivity index (χ2v) is 6.37. The molecule has 1 aliphatic rings. The van der Waals surface area contributed by atoms with Crippen molar-refractivity contribution in [1.29, 1.82) is 0 Å². The van der Waals surface area contributed by atoms with Gasteiger partial charge in [-0.2, -0.15) is 0 Å². The molecular formula is C16H23BO3. The summed E-state index contributed by atoms with van der Waals surface area (Å²) in [6, 6.07) is 7.82. The maximum atomic E-state index is 10.1. The number of benzene rings is 1. The van der Waals surface area contributed by atoms with Crippen LogP contribution in [0.25, 0.3) is 0 Å². The zero-order valence-corrected chi connectivity index (χ0v) is 12.9. The first-order valence-electron chi connectivity index (χ1n) is 7.00. The SMILES string of the molecule is Cc1ccc(C(O)/C=C/B2OC(C)(C)C(C)(C)O2)cc1. The molecule has 0 aliphatic carbocycles. The molecule has 2 rings (SSSR count). The molecule has 1 aromatic rings. The van der Waals surface area contributed by atoms with Crippen molar-refractivity contribution in [2.75, 3.05) is 0 Å². The van der Waals surface area contributed by atoms with Crippen molar-refractivity contribution in [3.63, 3.8) is 0 Å². The van der Waals surface area contributed by atoms with E-state index in [4.69, 9.17) is 9.31 Å². The summed E-state index contributed by atoms with van der Waals surface area (Å²) in [5.41, 5.74) is 1.34. The Kier molecular flexibility index (Phi) is 4.10. The van der Waals surface area contributed by atoms with Crippen LogP contribution in [0.4, 0.5) is 0 Å². The van der Waals surface area contributed by atoms with E-state index in [0.717, 1.165) is 5.56 Å². The molecule has 3 nitrogen and oxygen atoms in total. The van der Waals surface area contributed by atoms with Gasteiger partial charge in [-0.25, -0.2) is 0 Å². The van der Waals surface area contributed by atoms with Crippen molar-refractivity contribution in [3.05, 3.63) is 47.4 Å². The number of aliphatic hydroxyl groups is 1. The molecule has 1 saturated heterocycles. The third kappa shape index (κ3) is 3.14. The first-order chi connectivity index (χ1) is 9.21. The lowest BCUT2D eigenvalue weighted by molar-refractivity contribution is 0.00578. The third-order valence-electron chi connectivity index (χ3n) is 4.14. The van der Waals surface area contributed by atoms with Crippen LogP contribution in [-0.2, 0) is 9.31 Å². The van der Waals surface area contributed by atoms with Crippen LogP contribution in [0, 0.1) is 6.92 Å². The van der Waals surface area contributed by atoms with E-state index in [2.05, 4.69) is 0 Å². The number of aryl methyl sites for hydroxylation is 1. The van der Waals surface area contributed by atoms with Gasteiger partial charge in [-0.05, 0) is 40.2 Å². The van der Waals surface area contributed by atoms with Gasteiger partial charge in [0.2, 0.25) is 0 Å². The summed E-state index contributed by atoms with van der Waals surface area (Å²) in [6.07, 6.45) is 1.07. The summed E-state index contributed by atoms with van der Waals surface area (Å²) >= 11 is 0. The quantitative estimate of drug-likeness (QED) is 0.860. The molecule has 0 radical (unpaired) electrons. The van der Waals surface area contributed by atoms with E-state index in [0.29, 0.717) is 0 Å². The fourth-order valence-corrected chi connectivity index (χ4v) is 2.04. The van der Waals surface area contributed by atoms with Gasteiger partial charge in [-0.1, -0.05) is 41.9 Å². The molecule has 1 fully saturated rings. The standard InChI is InChI=1S/C16H23BO3/c1-12-6-8-13(9-7-12)14(18)10-11-17-19-15(2,3)16(4,5)20-17/h6-11,14,18H,1-5H3/b11-10+. The first-order valence-corrected chi connectivity index (χ1v) is 7.00. The Morgan fingerprint density at radius 1 is 1.05 bits per heavy atom. The smallest absolute Gasteiger partial charge is 0.400 e. The molecule has 1 aromatic carbocycles. The predicted octanol–water partition coefficient (Wildman–Crippen LogP) is 3.22. The average molecular weight is 274 g/mol. The van der Waals surface area contributed by atoms with Gasteiger partial charge in [0.15, 0.2) is 0 Å². The van der Waals surface area contributed by atoms with Crippen LogP contribution in [0.5, 0.6) is 0 Å². The van der Waals surface area contributed by atoms with E-state index in [1.807, 2.05) is 58.9 Å². The largest absolute Gasteiger partial charge is 0.486 e. The van der Waals surface area contributed by atoms with Crippen LogP contribution in [-0.4, -0.2) is 23.4 Å². The molecule has 0 aromatic heterocycles. The van der Waals surface area contributed by atoms with Crippen LogP contribution in [0.1, 0.15) is 44.9 Å². The molecule has 1 heterocycles. The van der Waals surface area contributed by atoms with E-state index < -0.39 is 13.2 Å². The molecular weight excluding hydrogens is 251 g/mol. The van der Waals surface area contributed by atoms with E-state index >= 15 is 0 Å². The molecule has 0 amide bonds. The summed E-state index contributed by atoms with van der Waals surface area (Å²) in [7, 11) is -0.417. The zero-order valence-electron chi connectivity index (χ0n) is 12.9. The predicted molar refractivity (Wildman–Crippen MR) is 81.4 cm³/mol. The van der Waals surface area contributed by atoms with Gasteiger partial charge in [0.05, 0.1) is 17.3 Å². The highest BCUT2D eigenvalue weighted by Crippen LogP contribution is 2.37. The van der Waals surface area contributed by atoms with Gasteiger partial charge < -0.3 is 14.4 Å². The van der Waals surface area contributed by atoms with E-state index in [9.17, 15) is 5.11 Å². The Morgan fingerprint density at radius 3 is 2.05 bits per heavy atom. The second kappa shape index (κ2) is 5.36. The third-order valence-corrected chi connectivity index (χ3v) is 4.14. The van der Waals surface area contributed by atoms with Crippen LogP contribution >= 0.6 is 0 Å². The summed E-state index contributed by atoms with van der Waals surface area (Å²) in [6.45, 7) is 10.1. The molecule has 0 spiro atoms. The Hall–Kier alpha value is -1.10. The van der Waals surface area contributed by atoms with Gasteiger partial charge in [-0.3, -0.25) is 0 Å². The van der Waals surface area contributed by atoms with Crippen molar-refractivity contribution in [2.45, 2.75) is 51.9 Å². The highest BCUT2D eigenvalue weighted by molar-refractivity contribution is 6.51. The van der Waals surface area contributed by atoms with Crippen LogP contribution in [0.15, 0.2) is 36.3 Å². The minimum Gasteiger partial charge on any atom is -0.400 e. The molecule has 1 unspecified atom stereocenters. The average Bonchev–Trinajstić information content (AvgIpc) is 2.56. The van der Waals surface area contributed by atoms with Crippen molar-refractivity contribution in [3.8, 4) is 0 Å². The first kappa shape index (κ1) is 15.3. The minimum atomic E-state index is -0.644. The molecule has 0 bridgehead atoms. The molecule has 1 atom stereocenters. The normalized spacial score (nSPS) is 22.4. The fourth-order valence-electron chi connectivity index (χ4n) is 2.04. The summed E-state index contributed by atoms with van der Waals surface area (Å²) in [5, 5.41) is 10.1. The minimum absolute atomic E-state index is 0.350. The fraction of sp³-hybridized carbons (Fsp3) is 0.500. The maximum Gasteiger partial charge on any atom is 0.486 e. The highest BCUT2D eigenvalue weighted by atomic mass is 16.7. The summed E-state index contributed by atoms with van der Waals surface area (Å²) in [5.74, 6) is 1.78. The Balaban J connectivity index is 2.02. The molecule has 4 heteroatoms. The van der Waals surface area contributed by atoms with Crippen molar-refractivity contribution >= 4 is 7.12 Å².